The molecule has 1 atom stereocenters. The number of benzene rings is 1. The summed E-state index contributed by atoms with van der Waals surface area (Å²) >= 11 is 3.33. The zero-order valence-corrected chi connectivity index (χ0v) is 12.0. The van der Waals surface area contributed by atoms with E-state index in [0.29, 0.717) is 12.1 Å². The van der Waals surface area contributed by atoms with Gasteiger partial charge in [0.05, 0.1) is 12.0 Å². The lowest BCUT2D eigenvalue weighted by molar-refractivity contribution is -0.138. The van der Waals surface area contributed by atoms with Gasteiger partial charge in [0.15, 0.2) is 0 Å². The zero-order chi connectivity index (χ0) is 13.7. The van der Waals surface area contributed by atoms with E-state index in [9.17, 15) is 9.59 Å². The predicted octanol–water partition coefficient (Wildman–Crippen LogP) is 2.77. The minimum Gasteiger partial charge on any atom is -0.481 e. The molecule has 5 heteroatoms. The van der Waals surface area contributed by atoms with Crippen LogP contribution < -0.4 is 0 Å². The summed E-state index contributed by atoms with van der Waals surface area (Å²) in [6, 6.07) is 6.81. The van der Waals surface area contributed by atoms with Gasteiger partial charge >= 0.3 is 5.97 Å². The van der Waals surface area contributed by atoms with E-state index in [1.54, 1.807) is 30.0 Å². The maximum absolute atomic E-state index is 12.3. The Morgan fingerprint density at radius 3 is 2.50 bits per heavy atom. The van der Waals surface area contributed by atoms with E-state index in [1.165, 1.54) is 0 Å². The lowest BCUT2D eigenvalue weighted by Crippen LogP contribution is -2.39. The number of carbonyl (C=O) groups is 2. The van der Waals surface area contributed by atoms with Gasteiger partial charge in [-0.25, -0.2) is 0 Å². The zero-order valence-electron chi connectivity index (χ0n) is 10.4. The Hall–Kier alpha value is -1.36. The SMILES string of the molecule is CCN(C(=O)c1ccccc1Br)C(C)CC(=O)O. The van der Waals surface area contributed by atoms with Crippen molar-refractivity contribution in [2.24, 2.45) is 0 Å². The molecule has 0 aromatic heterocycles. The highest BCUT2D eigenvalue weighted by molar-refractivity contribution is 9.10. The van der Waals surface area contributed by atoms with Crippen LogP contribution in [0.15, 0.2) is 28.7 Å². The third-order valence-electron chi connectivity index (χ3n) is 2.71. The van der Waals surface area contributed by atoms with Gasteiger partial charge in [-0.3, -0.25) is 9.59 Å². The monoisotopic (exact) mass is 313 g/mol. The van der Waals surface area contributed by atoms with Gasteiger partial charge in [0.2, 0.25) is 0 Å². The molecule has 1 unspecified atom stereocenters. The third-order valence-corrected chi connectivity index (χ3v) is 3.40. The molecule has 1 aromatic carbocycles. The Morgan fingerprint density at radius 1 is 1.39 bits per heavy atom. The molecule has 4 nitrogen and oxygen atoms in total. The molecule has 0 radical (unpaired) electrons. The maximum atomic E-state index is 12.3. The highest BCUT2D eigenvalue weighted by Crippen LogP contribution is 2.19. The van der Waals surface area contributed by atoms with Crippen LogP contribution in [0, 0.1) is 0 Å². The first-order valence-corrected chi connectivity index (χ1v) is 6.54. The number of nitrogens with zero attached hydrogens (tertiary/aromatic N) is 1. The lowest BCUT2D eigenvalue weighted by atomic mass is 10.1. The molecule has 18 heavy (non-hydrogen) atoms. The lowest BCUT2D eigenvalue weighted by Gasteiger charge is -2.27. The van der Waals surface area contributed by atoms with E-state index in [2.05, 4.69) is 15.9 Å². The van der Waals surface area contributed by atoms with Crippen LogP contribution in [0.4, 0.5) is 0 Å². The summed E-state index contributed by atoms with van der Waals surface area (Å²) < 4.78 is 0.718. The minimum absolute atomic E-state index is 0.0516. The van der Waals surface area contributed by atoms with Gasteiger partial charge < -0.3 is 10.0 Å². The van der Waals surface area contributed by atoms with Gasteiger partial charge in [0.1, 0.15) is 0 Å². The van der Waals surface area contributed by atoms with E-state index < -0.39 is 5.97 Å². The summed E-state index contributed by atoms with van der Waals surface area (Å²) in [5, 5.41) is 8.79. The average molecular weight is 314 g/mol. The number of amides is 1. The van der Waals surface area contributed by atoms with Crippen LogP contribution in [0.5, 0.6) is 0 Å². The van der Waals surface area contributed by atoms with Crippen LogP contribution in [-0.4, -0.2) is 34.5 Å². The Labute approximate surface area is 115 Å². The molecule has 0 bridgehead atoms. The number of rotatable bonds is 5. The van der Waals surface area contributed by atoms with Crippen molar-refractivity contribution in [3.05, 3.63) is 34.3 Å². The van der Waals surface area contributed by atoms with Gasteiger partial charge in [-0.1, -0.05) is 12.1 Å². The van der Waals surface area contributed by atoms with Crippen molar-refractivity contribution in [3.63, 3.8) is 0 Å². The third kappa shape index (κ3) is 3.57. The minimum atomic E-state index is -0.902. The van der Waals surface area contributed by atoms with E-state index in [-0.39, 0.29) is 18.4 Å². The largest absolute Gasteiger partial charge is 0.481 e. The number of carboxylic acid groups (broad SMARTS) is 1. The van der Waals surface area contributed by atoms with Gasteiger partial charge in [-0.15, -0.1) is 0 Å². The van der Waals surface area contributed by atoms with Crippen molar-refractivity contribution >= 4 is 27.8 Å². The molecule has 0 fully saturated rings. The number of halogens is 1. The first-order chi connectivity index (χ1) is 8.47. The fraction of sp³-hybridized carbons (Fsp3) is 0.385. The van der Waals surface area contributed by atoms with Crippen molar-refractivity contribution in [1.82, 2.24) is 4.90 Å². The summed E-state index contributed by atoms with van der Waals surface area (Å²) in [7, 11) is 0. The summed E-state index contributed by atoms with van der Waals surface area (Å²) in [5.41, 5.74) is 0.552. The van der Waals surface area contributed by atoms with Crippen molar-refractivity contribution in [3.8, 4) is 0 Å². The molecule has 0 saturated carbocycles. The molecule has 0 aliphatic carbocycles. The molecule has 1 N–H and O–H groups in total. The van der Waals surface area contributed by atoms with Crippen molar-refractivity contribution in [2.45, 2.75) is 26.3 Å². The van der Waals surface area contributed by atoms with Crippen molar-refractivity contribution < 1.29 is 14.7 Å². The first kappa shape index (κ1) is 14.7. The van der Waals surface area contributed by atoms with Crippen LogP contribution in [-0.2, 0) is 4.79 Å². The summed E-state index contributed by atoms with van der Waals surface area (Å²) in [4.78, 5) is 24.6. The second-order valence-electron chi connectivity index (χ2n) is 4.02. The van der Waals surface area contributed by atoms with E-state index in [1.807, 2.05) is 13.0 Å². The first-order valence-electron chi connectivity index (χ1n) is 5.74. The summed E-state index contributed by atoms with van der Waals surface area (Å²) in [6.45, 7) is 4.06. The quantitative estimate of drug-likeness (QED) is 0.909. The van der Waals surface area contributed by atoms with E-state index >= 15 is 0 Å². The van der Waals surface area contributed by atoms with Crippen LogP contribution in [0.1, 0.15) is 30.6 Å². The Morgan fingerprint density at radius 2 is 2.00 bits per heavy atom. The molecule has 1 aromatic rings. The van der Waals surface area contributed by atoms with Crippen LogP contribution in [0.3, 0.4) is 0 Å². The highest BCUT2D eigenvalue weighted by atomic mass is 79.9. The molecular weight excluding hydrogens is 298 g/mol. The molecular formula is C13H16BrNO3. The molecule has 1 rings (SSSR count). The number of aliphatic carboxylic acids is 1. The Kier molecular flexibility index (Phi) is 5.34. The number of hydrogen-bond acceptors (Lipinski definition) is 2. The fourth-order valence-corrected chi connectivity index (χ4v) is 2.26. The topological polar surface area (TPSA) is 57.6 Å². The normalized spacial score (nSPS) is 11.9. The smallest absolute Gasteiger partial charge is 0.305 e. The fourth-order valence-electron chi connectivity index (χ4n) is 1.81. The van der Waals surface area contributed by atoms with E-state index in [4.69, 9.17) is 5.11 Å². The predicted molar refractivity (Wildman–Crippen MR) is 72.6 cm³/mol. The molecule has 98 valence electrons. The maximum Gasteiger partial charge on any atom is 0.305 e. The van der Waals surface area contributed by atoms with Crippen LogP contribution >= 0.6 is 15.9 Å². The number of carboxylic acids is 1. The van der Waals surface area contributed by atoms with Gasteiger partial charge in [-0.05, 0) is 41.9 Å². The van der Waals surface area contributed by atoms with Crippen molar-refractivity contribution in [2.75, 3.05) is 6.54 Å². The van der Waals surface area contributed by atoms with Gasteiger partial charge in [0, 0.05) is 17.1 Å². The molecule has 0 heterocycles. The Balaban J connectivity index is 2.92. The van der Waals surface area contributed by atoms with Crippen molar-refractivity contribution in [1.29, 1.82) is 0 Å². The second kappa shape index (κ2) is 6.54. The molecule has 0 saturated heterocycles. The molecule has 0 aliphatic rings. The standard InChI is InChI=1S/C13H16BrNO3/c1-3-15(9(2)8-12(16)17)13(18)10-6-4-5-7-11(10)14/h4-7,9H,3,8H2,1-2H3,(H,16,17). The summed E-state index contributed by atoms with van der Waals surface area (Å²) in [5.74, 6) is -1.06. The molecule has 1 amide bonds. The molecule has 0 spiro atoms. The van der Waals surface area contributed by atoms with Crippen LogP contribution in [0.25, 0.3) is 0 Å². The number of carbonyl (C=O) groups excluding carboxylic acids is 1. The van der Waals surface area contributed by atoms with Gasteiger partial charge in [0.25, 0.3) is 5.91 Å². The number of hydrogen-bond donors (Lipinski definition) is 1. The summed E-state index contributed by atoms with van der Waals surface area (Å²) in [6.07, 6.45) is -0.0516. The van der Waals surface area contributed by atoms with Gasteiger partial charge in [-0.2, -0.15) is 0 Å². The highest BCUT2D eigenvalue weighted by Gasteiger charge is 2.23. The Bertz CT molecular complexity index is 448. The molecule has 0 aliphatic heterocycles. The second-order valence-corrected chi connectivity index (χ2v) is 4.87. The van der Waals surface area contributed by atoms with E-state index in [0.717, 1.165) is 4.47 Å². The average Bonchev–Trinajstić information content (AvgIpc) is 2.29. The van der Waals surface area contributed by atoms with Crippen LogP contribution in [0.2, 0.25) is 0 Å².